The summed E-state index contributed by atoms with van der Waals surface area (Å²) in [6.07, 6.45) is -4.63. The molecule has 3 rings (SSSR count). The number of aryl methyl sites for hydroxylation is 1. The molecule has 0 aliphatic heterocycles. The van der Waals surface area contributed by atoms with Gasteiger partial charge in [-0.3, -0.25) is 9.59 Å². The molecule has 6 nitrogen and oxygen atoms in total. The number of aromatic nitrogens is 2. The van der Waals surface area contributed by atoms with Crippen molar-refractivity contribution in [2.75, 3.05) is 5.32 Å². The van der Waals surface area contributed by atoms with Crippen LogP contribution in [0.4, 0.5) is 18.9 Å². The predicted octanol–water partition coefficient (Wildman–Crippen LogP) is 3.27. The van der Waals surface area contributed by atoms with Crippen molar-refractivity contribution in [1.82, 2.24) is 9.78 Å². The minimum absolute atomic E-state index is 0.161. The number of hydrogen-bond acceptors (Lipinski definition) is 4. The van der Waals surface area contributed by atoms with E-state index in [-0.39, 0.29) is 17.9 Å². The van der Waals surface area contributed by atoms with Crippen LogP contribution in [0.5, 0.6) is 0 Å². The first kappa shape index (κ1) is 20.3. The molecule has 0 atom stereocenters. The third-order valence-electron chi connectivity index (χ3n) is 4.18. The van der Waals surface area contributed by atoms with E-state index in [0.29, 0.717) is 5.69 Å². The van der Waals surface area contributed by atoms with E-state index in [1.165, 1.54) is 25.1 Å². The Kier molecular flexibility index (Phi) is 5.51. The third-order valence-corrected chi connectivity index (χ3v) is 4.18. The van der Waals surface area contributed by atoms with Crippen LogP contribution in [-0.4, -0.2) is 15.7 Å². The van der Waals surface area contributed by atoms with Gasteiger partial charge in [-0.1, -0.05) is 24.3 Å². The van der Waals surface area contributed by atoms with Gasteiger partial charge < -0.3 is 11.1 Å². The Morgan fingerprint density at radius 1 is 1.14 bits per heavy atom. The van der Waals surface area contributed by atoms with Crippen LogP contribution in [-0.2, 0) is 12.7 Å². The Bertz CT molecular complexity index is 1120. The molecule has 9 heteroatoms. The van der Waals surface area contributed by atoms with Crippen LogP contribution in [0.3, 0.4) is 0 Å². The number of alkyl halides is 3. The lowest BCUT2D eigenvalue weighted by atomic mass is 10.1. The standard InChI is InChI=1S/C20H17F3N4O2/c1-12-9-17(28)18(19(29)25-14-6-4-5-13(10-14)11-24)26-27(12)16-8-3-2-7-15(16)20(21,22)23/h2-10H,11,24H2,1H3,(H,25,29). The summed E-state index contributed by atoms with van der Waals surface area (Å²) in [4.78, 5) is 24.9. The molecule has 0 radical (unpaired) electrons. The van der Waals surface area contributed by atoms with Gasteiger partial charge in [-0.05, 0) is 36.8 Å². The summed E-state index contributed by atoms with van der Waals surface area (Å²) in [7, 11) is 0. The third kappa shape index (κ3) is 4.35. The highest BCUT2D eigenvalue weighted by Crippen LogP contribution is 2.33. The van der Waals surface area contributed by atoms with Crippen LogP contribution in [0.2, 0.25) is 0 Å². The summed E-state index contributed by atoms with van der Waals surface area (Å²) in [5.74, 6) is -0.831. The van der Waals surface area contributed by atoms with Gasteiger partial charge in [-0.25, -0.2) is 4.68 Å². The maximum Gasteiger partial charge on any atom is 0.418 e. The number of nitrogens with one attached hydrogen (secondary N) is 1. The Labute approximate surface area is 163 Å². The molecule has 3 N–H and O–H groups in total. The van der Waals surface area contributed by atoms with Gasteiger partial charge in [0.15, 0.2) is 5.69 Å². The average molecular weight is 402 g/mol. The van der Waals surface area contributed by atoms with E-state index in [1.54, 1.807) is 24.3 Å². The maximum absolute atomic E-state index is 13.4. The summed E-state index contributed by atoms with van der Waals surface area (Å²) in [6.45, 7) is 1.70. The van der Waals surface area contributed by atoms with E-state index in [4.69, 9.17) is 5.73 Å². The summed E-state index contributed by atoms with van der Waals surface area (Å²) in [6, 6.07) is 12.5. The number of nitrogens with two attached hydrogens (primary N) is 1. The van der Waals surface area contributed by atoms with Gasteiger partial charge in [0.2, 0.25) is 5.43 Å². The highest BCUT2D eigenvalue weighted by atomic mass is 19.4. The number of amides is 1. The van der Waals surface area contributed by atoms with E-state index < -0.39 is 28.8 Å². The average Bonchev–Trinajstić information content (AvgIpc) is 2.67. The second kappa shape index (κ2) is 7.88. The van der Waals surface area contributed by atoms with Gasteiger partial charge in [0.05, 0.1) is 11.3 Å². The number of nitrogens with zero attached hydrogens (tertiary/aromatic N) is 2. The molecule has 0 aliphatic rings. The molecule has 0 aliphatic carbocycles. The number of benzene rings is 2. The maximum atomic E-state index is 13.4. The van der Waals surface area contributed by atoms with Gasteiger partial charge >= 0.3 is 6.18 Å². The zero-order valence-electron chi connectivity index (χ0n) is 15.3. The van der Waals surface area contributed by atoms with Crippen molar-refractivity contribution in [2.45, 2.75) is 19.6 Å². The van der Waals surface area contributed by atoms with Gasteiger partial charge in [-0.15, -0.1) is 0 Å². The molecule has 1 heterocycles. The smallest absolute Gasteiger partial charge is 0.326 e. The lowest BCUT2D eigenvalue weighted by Crippen LogP contribution is -2.27. The monoisotopic (exact) mass is 402 g/mol. The SMILES string of the molecule is Cc1cc(=O)c(C(=O)Nc2cccc(CN)c2)nn1-c1ccccc1C(F)(F)F. The molecule has 3 aromatic rings. The fourth-order valence-corrected chi connectivity index (χ4v) is 2.81. The van der Waals surface area contributed by atoms with E-state index >= 15 is 0 Å². The normalized spacial score (nSPS) is 11.3. The van der Waals surface area contributed by atoms with Gasteiger partial charge in [-0.2, -0.15) is 18.3 Å². The summed E-state index contributed by atoms with van der Waals surface area (Å²) < 4.78 is 41.1. The first-order chi connectivity index (χ1) is 13.7. The van der Waals surface area contributed by atoms with Crippen molar-refractivity contribution in [3.8, 4) is 5.69 Å². The van der Waals surface area contributed by atoms with E-state index in [2.05, 4.69) is 10.4 Å². The Morgan fingerprint density at radius 2 is 1.86 bits per heavy atom. The molecule has 29 heavy (non-hydrogen) atoms. The first-order valence-corrected chi connectivity index (χ1v) is 8.58. The molecule has 0 fully saturated rings. The Balaban J connectivity index is 2.05. The number of anilines is 1. The van der Waals surface area contributed by atoms with Crippen molar-refractivity contribution in [3.63, 3.8) is 0 Å². The van der Waals surface area contributed by atoms with Crippen LogP contribution >= 0.6 is 0 Å². The lowest BCUT2D eigenvalue weighted by Gasteiger charge is -2.16. The van der Waals surface area contributed by atoms with Crippen LogP contribution < -0.4 is 16.5 Å². The van der Waals surface area contributed by atoms with Crippen molar-refractivity contribution in [2.24, 2.45) is 5.73 Å². The number of rotatable bonds is 4. The van der Waals surface area contributed by atoms with Crippen molar-refractivity contribution in [1.29, 1.82) is 0 Å². The lowest BCUT2D eigenvalue weighted by molar-refractivity contribution is -0.137. The molecule has 0 spiro atoms. The van der Waals surface area contributed by atoms with Crippen molar-refractivity contribution < 1.29 is 18.0 Å². The molecular weight excluding hydrogens is 385 g/mol. The van der Waals surface area contributed by atoms with Crippen LogP contribution in [0, 0.1) is 6.92 Å². The molecule has 2 aromatic carbocycles. The van der Waals surface area contributed by atoms with E-state index in [0.717, 1.165) is 22.4 Å². The molecule has 1 amide bonds. The zero-order chi connectivity index (χ0) is 21.2. The topological polar surface area (TPSA) is 90.0 Å². The van der Waals surface area contributed by atoms with Gasteiger partial charge in [0, 0.05) is 24.0 Å². The molecule has 0 unspecified atom stereocenters. The van der Waals surface area contributed by atoms with Crippen molar-refractivity contribution in [3.05, 3.63) is 87.3 Å². The van der Waals surface area contributed by atoms with Crippen LogP contribution in [0.1, 0.15) is 27.3 Å². The van der Waals surface area contributed by atoms with E-state index in [1.807, 2.05) is 0 Å². The van der Waals surface area contributed by atoms with Crippen LogP contribution in [0.25, 0.3) is 5.69 Å². The van der Waals surface area contributed by atoms with Gasteiger partial charge in [0.25, 0.3) is 5.91 Å². The fraction of sp³-hybridized carbons (Fsp3) is 0.150. The minimum Gasteiger partial charge on any atom is -0.326 e. The highest BCUT2D eigenvalue weighted by molar-refractivity contribution is 6.02. The molecule has 150 valence electrons. The van der Waals surface area contributed by atoms with E-state index in [9.17, 15) is 22.8 Å². The summed E-state index contributed by atoms with van der Waals surface area (Å²) in [5.41, 5.74) is 4.45. The second-order valence-electron chi connectivity index (χ2n) is 6.28. The first-order valence-electron chi connectivity index (χ1n) is 8.58. The minimum atomic E-state index is -4.63. The van der Waals surface area contributed by atoms with Crippen LogP contribution in [0.15, 0.2) is 59.4 Å². The summed E-state index contributed by atoms with van der Waals surface area (Å²) in [5, 5.41) is 6.45. The molecule has 1 aromatic heterocycles. The molecule has 0 saturated carbocycles. The number of hydrogen-bond donors (Lipinski definition) is 2. The quantitative estimate of drug-likeness (QED) is 0.701. The number of carbonyl (C=O) groups excluding carboxylic acids is 1. The van der Waals surface area contributed by atoms with Crippen molar-refractivity contribution >= 4 is 11.6 Å². The summed E-state index contributed by atoms with van der Waals surface area (Å²) >= 11 is 0. The molecular formula is C20H17F3N4O2. The molecule has 0 bridgehead atoms. The largest absolute Gasteiger partial charge is 0.418 e. The molecule has 0 saturated heterocycles. The fourth-order valence-electron chi connectivity index (χ4n) is 2.81. The predicted molar refractivity (Wildman–Crippen MR) is 102 cm³/mol. The highest BCUT2D eigenvalue weighted by Gasteiger charge is 2.34. The number of para-hydroxylation sites is 1. The Hall–Kier alpha value is -3.46. The number of halogens is 3. The zero-order valence-corrected chi connectivity index (χ0v) is 15.3. The van der Waals surface area contributed by atoms with Gasteiger partial charge in [0.1, 0.15) is 0 Å². The number of carbonyl (C=O) groups is 1. The Morgan fingerprint density at radius 3 is 2.55 bits per heavy atom. The second-order valence-corrected chi connectivity index (χ2v) is 6.28.